The van der Waals surface area contributed by atoms with E-state index in [1.165, 1.54) is 12.8 Å². The Morgan fingerprint density at radius 3 is 2.50 bits per heavy atom. The largest absolute Gasteiger partial charge is 0.337 e. The molecule has 0 bridgehead atoms. The average molecular weight is 242 g/mol. The van der Waals surface area contributed by atoms with Crippen LogP contribution in [-0.2, 0) is 0 Å². The summed E-state index contributed by atoms with van der Waals surface area (Å²) in [4.78, 5) is 13.9. The van der Waals surface area contributed by atoms with Crippen molar-refractivity contribution in [3.63, 3.8) is 0 Å². The lowest BCUT2D eigenvalue weighted by Gasteiger charge is -2.28. The summed E-state index contributed by atoms with van der Waals surface area (Å²) in [7, 11) is 0. The molecule has 0 aromatic heterocycles. The molecule has 1 aliphatic heterocycles. The van der Waals surface area contributed by atoms with E-state index in [-0.39, 0.29) is 6.03 Å². The number of urea groups is 1. The number of thioether (sulfide) groups is 1. The van der Waals surface area contributed by atoms with Crippen molar-refractivity contribution in [1.29, 1.82) is 0 Å². The molecule has 0 radical (unpaired) electrons. The maximum Gasteiger partial charge on any atom is 0.317 e. The Kier molecular flexibility index (Phi) is 3.67. The van der Waals surface area contributed by atoms with Crippen molar-refractivity contribution in [2.45, 2.75) is 26.7 Å². The van der Waals surface area contributed by atoms with Crippen molar-refractivity contribution in [2.75, 3.05) is 31.1 Å². The predicted molar refractivity (Wildman–Crippen MR) is 68.8 cm³/mol. The predicted octanol–water partition coefficient (Wildman–Crippen LogP) is 2.18. The first kappa shape index (κ1) is 12.1. The van der Waals surface area contributed by atoms with E-state index in [1.54, 1.807) is 0 Å². The smallest absolute Gasteiger partial charge is 0.317 e. The van der Waals surface area contributed by atoms with Crippen molar-refractivity contribution in [2.24, 2.45) is 11.3 Å². The molecular weight excluding hydrogens is 220 g/mol. The van der Waals surface area contributed by atoms with Crippen LogP contribution < -0.4 is 5.32 Å². The molecule has 1 saturated carbocycles. The van der Waals surface area contributed by atoms with Gasteiger partial charge in [-0.05, 0) is 24.2 Å². The van der Waals surface area contributed by atoms with Crippen molar-refractivity contribution in [3.05, 3.63) is 0 Å². The highest BCUT2D eigenvalue weighted by Crippen LogP contribution is 2.51. The van der Waals surface area contributed by atoms with Crippen LogP contribution in [0.2, 0.25) is 0 Å². The number of nitrogens with one attached hydrogen (secondary N) is 1. The molecule has 1 aliphatic carbocycles. The highest BCUT2D eigenvalue weighted by atomic mass is 32.2. The van der Waals surface area contributed by atoms with Crippen LogP contribution in [0.1, 0.15) is 26.7 Å². The molecule has 2 rings (SSSR count). The van der Waals surface area contributed by atoms with Crippen LogP contribution in [0, 0.1) is 11.3 Å². The van der Waals surface area contributed by atoms with E-state index >= 15 is 0 Å². The molecule has 3 nitrogen and oxygen atoms in total. The van der Waals surface area contributed by atoms with Gasteiger partial charge in [0, 0.05) is 31.1 Å². The third-order valence-corrected chi connectivity index (χ3v) is 4.95. The monoisotopic (exact) mass is 242 g/mol. The molecule has 1 saturated heterocycles. The molecule has 0 unspecified atom stereocenters. The summed E-state index contributed by atoms with van der Waals surface area (Å²) in [6.07, 6.45) is 2.56. The number of nitrogens with zero attached hydrogens (tertiary/aromatic N) is 1. The lowest BCUT2D eigenvalue weighted by atomic mass is 9.92. The Morgan fingerprint density at radius 1 is 1.38 bits per heavy atom. The van der Waals surface area contributed by atoms with Crippen LogP contribution in [-0.4, -0.2) is 42.1 Å². The van der Waals surface area contributed by atoms with Crippen LogP contribution in [0.5, 0.6) is 0 Å². The summed E-state index contributed by atoms with van der Waals surface area (Å²) in [5.41, 5.74) is 0.417. The molecule has 2 aliphatic rings. The molecule has 0 aromatic rings. The van der Waals surface area contributed by atoms with Crippen molar-refractivity contribution in [1.82, 2.24) is 10.2 Å². The zero-order valence-electron chi connectivity index (χ0n) is 10.3. The first-order valence-electron chi connectivity index (χ1n) is 6.25. The van der Waals surface area contributed by atoms with Gasteiger partial charge in [0.1, 0.15) is 0 Å². The zero-order valence-corrected chi connectivity index (χ0v) is 11.1. The van der Waals surface area contributed by atoms with E-state index in [0.717, 1.165) is 31.1 Å². The molecular formula is C12H22N2OS. The van der Waals surface area contributed by atoms with E-state index in [4.69, 9.17) is 0 Å². The molecule has 16 heavy (non-hydrogen) atoms. The SMILES string of the molecule is CC(C)C1(CNC(=O)N2CCSCC2)CC1. The quantitative estimate of drug-likeness (QED) is 0.822. The molecule has 1 heterocycles. The van der Waals surface area contributed by atoms with E-state index in [1.807, 2.05) is 16.7 Å². The van der Waals surface area contributed by atoms with Crippen LogP contribution >= 0.6 is 11.8 Å². The molecule has 92 valence electrons. The van der Waals surface area contributed by atoms with Gasteiger partial charge in [-0.1, -0.05) is 13.8 Å². The molecule has 0 atom stereocenters. The van der Waals surface area contributed by atoms with Crippen LogP contribution in [0.3, 0.4) is 0 Å². The van der Waals surface area contributed by atoms with E-state index in [9.17, 15) is 4.79 Å². The van der Waals surface area contributed by atoms with E-state index in [2.05, 4.69) is 19.2 Å². The summed E-state index contributed by atoms with van der Waals surface area (Å²) >= 11 is 1.94. The first-order chi connectivity index (χ1) is 7.64. The lowest BCUT2D eigenvalue weighted by Crippen LogP contribution is -2.46. The first-order valence-corrected chi connectivity index (χ1v) is 7.40. The van der Waals surface area contributed by atoms with Crippen LogP contribution in [0.15, 0.2) is 0 Å². The second-order valence-electron chi connectivity index (χ2n) is 5.28. The minimum absolute atomic E-state index is 0.146. The van der Waals surface area contributed by atoms with Crippen molar-refractivity contribution in [3.8, 4) is 0 Å². The van der Waals surface area contributed by atoms with Gasteiger partial charge in [0.2, 0.25) is 0 Å². The summed E-state index contributed by atoms with van der Waals surface area (Å²) in [6, 6.07) is 0.146. The third-order valence-electron chi connectivity index (χ3n) is 4.01. The molecule has 4 heteroatoms. The maximum absolute atomic E-state index is 11.9. The molecule has 1 N–H and O–H groups in total. The lowest BCUT2D eigenvalue weighted by molar-refractivity contribution is 0.197. The highest BCUT2D eigenvalue weighted by Gasteiger charge is 2.45. The zero-order chi connectivity index (χ0) is 11.6. The van der Waals surface area contributed by atoms with Gasteiger partial charge in [0.25, 0.3) is 0 Å². The Morgan fingerprint density at radius 2 is 2.00 bits per heavy atom. The van der Waals surface area contributed by atoms with Gasteiger partial charge in [-0.15, -0.1) is 0 Å². The molecule has 2 fully saturated rings. The van der Waals surface area contributed by atoms with E-state index < -0.39 is 0 Å². The average Bonchev–Trinajstić information content (AvgIpc) is 3.08. The summed E-state index contributed by atoms with van der Waals surface area (Å²) in [5.74, 6) is 2.86. The fourth-order valence-corrected chi connectivity index (χ4v) is 3.15. The minimum Gasteiger partial charge on any atom is -0.337 e. The summed E-state index contributed by atoms with van der Waals surface area (Å²) in [6.45, 7) is 7.21. The number of hydrogen-bond donors (Lipinski definition) is 1. The number of amides is 2. The maximum atomic E-state index is 11.9. The van der Waals surface area contributed by atoms with Gasteiger partial charge < -0.3 is 10.2 Å². The Hall–Kier alpha value is -0.380. The molecule has 2 amide bonds. The third kappa shape index (κ3) is 2.65. The fourth-order valence-electron chi connectivity index (χ4n) is 2.25. The van der Waals surface area contributed by atoms with Crippen LogP contribution in [0.4, 0.5) is 4.79 Å². The van der Waals surface area contributed by atoms with Gasteiger partial charge in [-0.3, -0.25) is 0 Å². The highest BCUT2D eigenvalue weighted by molar-refractivity contribution is 7.99. The van der Waals surface area contributed by atoms with E-state index in [0.29, 0.717) is 11.3 Å². The fraction of sp³-hybridized carbons (Fsp3) is 0.917. The Labute approximate surface area is 102 Å². The minimum atomic E-state index is 0.146. The van der Waals surface area contributed by atoms with Gasteiger partial charge >= 0.3 is 6.03 Å². The second kappa shape index (κ2) is 4.86. The standard InChI is InChI=1S/C12H22N2OS/c1-10(2)12(3-4-12)9-13-11(15)14-5-7-16-8-6-14/h10H,3-9H2,1-2H3,(H,13,15). The molecule has 0 spiro atoms. The Bertz CT molecular complexity index is 258. The summed E-state index contributed by atoms with van der Waals surface area (Å²) in [5, 5.41) is 3.11. The topological polar surface area (TPSA) is 32.3 Å². The number of hydrogen-bond acceptors (Lipinski definition) is 2. The number of rotatable bonds is 3. The van der Waals surface area contributed by atoms with Gasteiger partial charge in [0.15, 0.2) is 0 Å². The van der Waals surface area contributed by atoms with Crippen molar-refractivity contribution >= 4 is 17.8 Å². The summed E-state index contributed by atoms with van der Waals surface area (Å²) < 4.78 is 0. The Balaban J connectivity index is 1.75. The normalized spacial score (nSPS) is 23.3. The van der Waals surface area contributed by atoms with Crippen molar-refractivity contribution < 1.29 is 4.79 Å². The van der Waals surface area contributed by atoms with Gasteiger partial charge in [-0.2, -0.15) is 11.8 Å². The van der Waals surface area contributed by atoms with Gasteiger partial charge in [0.05, 0.1) is 0 Å². The number of carbonyl (C=O) groups excluding carboxylic acids is 1. The van der Waals surface area contributed by atoms with Gasteiger partial charge in [-0.25, -0.2) is 4.79 Å². The number of carbonyl (C=O) groups is 1. The van der Waals surface area contributed by atoms with Crippen LogP contribution in [0.25, 0.3) is 0 Å². The molecule has 0 aromatic carbocycles. The second-order valence-corrected chi connectivity index (χ2v) is 6.50.